The van der Waals surface area contributed by atoms with Crippen molar-refractivity contribution in [2.45, 2.75) is 32.7 Å². The molecular formula is C13H22N2O. The second-order valence-electron chi connectivity index (χ2n) is 4.91. The first-order valence-corrected chi connectivity index (χ1v) is 6.27. The van der Waals surface area contributed by atoms with Crippen molar-refractivity contribution >= 4 is 0 Å². The molecule has 1 atom stereocenters. The molecule has 1 aromatic heterocycles. The number of furan rings is 1. The third-order valence-electron chi connectivity index (χ3n) is 3.52. The highest BCUT2D eigenvalue weighted by Crippen LogP contribution is 2.30. The molecule has 0 aliphatic carbocycles. The lowest BCUT2D eigenvalue weighted by molar-refractivity contribution is 0.276. The summed E-state index contributed by atoms with van der Waals surface area (Å²) in [7, 11) is 0. The van der Waals surface area contributed by atoms with Gasteiger partial charge in [0.25, 0.3) is 0 Å². The van der Waals surface area contributed by atoms with Gasteiger partial charge in [-0.05, 0) is 30.9 Å². The second-order valence-corrected chi connectivity index (χ2v) is 4.91. The van der Waals surface area contributed by atoms with Gasteiger partial charge in [0.05, 0.1) is 12.5 Å². The van der Waals surface area contributed by atoms with Gasteiger partial charge in [0.1, 0.15) is 0 Å². The van der Waals surface area contributed by atoms with Gasteiger partial charge in [-0.25, -0.2) is 0 Å². The Morgan fingerprint density at radius 3 is 3.12 bits per heavy atom. The van der Waals surface area contributed by atoms with E-state index in [1.165, 1.54) is 37.9 Å². The Balaban J connectivity index is 1.78. The van der Waals surface area contributed by atoms with Crippen LogP contribution in [-0.4, -0.2) is 19.6 Å². The molecule has 1 aromatic rings. The van der Waals surface area contributed by atoms with Crippen LogP contribution in [0.2, 0.25) is 0 Å². The highest BCUT2D eigenvalue weighted by atomic mass is 16.3. The van der Waals surface area contributed by atoms with Gasteiger partial charge in [0.2, 0.25) is 0 Å². The first kappa shape index (κ1) is 11.7. The maximum absolute atomic E-state index is 5.06. The molecule has 0 saturated carbocycles. The minimum Gasteiger partial charge on any atom is -0.472 e. The maximum Gasteiger partial charge on any atom is 0.0947 e. The molecule has 0 aromatic carbocycles. The molecular weight excluding hydrogens is 200 g/mol. The number of nitrogens with one attached hydrogen (secondary N) is 2. The van der Waals surface area contributed by atoms with Gasteiger partial charge in [-0.1, -0.05) is 13.3 Å². The summed E-state index contributed by atoms with van der Waals surface area (Å²) in [5.41, 5.74) is 1.72. The van der Waals surface area contributed by atoms with Gasteiger partial charge in [0.15, 0.2) is 0 Å². The summed E-state index contributed by atoms with van der Waals surface area (Å²) in [6.07, 6.45) is 7.44. The van der Waals surface area contributed by atoms with E-state index >= 15 is 0 Å². The van der Waals surface area contributed by atoms with Crippen LogP contribution in [0.4, 0.5) is 0 Å². The van der Waals surface area contributed by atoms with E-state index < -0.39 is 0 Å². The van der Waals surface area contributed by atoms with Crippen molar-refractivity contribution in [2.75, 3.05) is 19.6 Å². The van der Waals surface area contributed by atoms with Crippen LogP contribution in [0.1, 0.15) is 31.7 Å². The quantitative estimate of drug-likeness (QED) is 0.774. The molecule has 2 N–H and O–H groups in total. The SMILES string of the molecule is CCCC1(CNCc2ccoc2)CCNC1. The zero-order valence-corrected chi connectivity index (χ0v) is 10.1. The molecule has 0 radical (unpaired) electrons. The Morgan fingerprint density at radius 1 is 1.56 bits per heavy atom. The number of hydrogen-bond donors (Lipinski definition) is 2. The van der Waals surface area contributed by atoms with Crippen molar-refractivity contribution in [1.82, 2.24) is 10.6 Å². The molecule has 3 heteroatoms. The second kappa shape index (κ2) is 5.51. The van der Waals surface area contributed by atoms with Crippen LogP contribution in [0, 0.1) is 5.41 Å². The van der Waals surface area contributed by atoms with Gasteiger partial charge >= 0.3 is 0 Å². The van der Waals surface area contributed by atoms with Crippen molar-refractivity contribution in [3.8, 4) is 0 Å². The molecule has 0 amide bonds. The van der Waals surface area contributed by atoms with Crippen LogP contribution < -0.4 is 10.6 Å². The lowest BCUT2D eigenvalue weighted by atomic mass is 9.82. The molecule has 1 fully saturated rings. The zero-order valence-electron chi connectivity index (χ0n) is 10.1. The molecule has 3 nitrogen and oxygen atoms in total. The van der Waals surface area contributed by atoms with Crippen LogP contribution in [-0.2, 0) is 6.54 Å². The summed E-state index contributed by atoms with van der Waals surface area (Å²) in [5.74, 6) is 0. The maximum atomic E-state index is 5.06. The molecule has 0 bridgehead atoms. The van der Waals surface area contributed by atoms with Crippen molar-refractivity contribution in [3.05, 3.63) is 24.2 Å². The summed E-state index contributed by atoms with van der Waals surface area (Å²) in [6, 6.07) is 2.02. The molecule has 2 heterocycles. The predicted molar refractivity (Wildman–Crippen MR) is 65.2 cm³/mol. The Kier molecular flexibility index (Phi) is 4.02. The van der Waals surface area contributed by atoms with E-state index in [0.29, 0.717) is 5.41 Å². The number of rotatable bonds is 6. The monoisotopic (exact) mass is 222 g/mol. The topological polar surface area (TPSA) is 37.2 Å². The molecule has 2 rings (SSSR count). The fourth-order valence-electron chi connectivity index (χ4n) is 2.64. The van der Waals surface area contributed by atoms with Gasteiger partial charge < -0.3 is 15.1 Å². The predicted octanol–water partition coefficient (Wildman–Crippen LogP) is 2.15. The van der Waals surface area contributed by atoms with Crippen LogP contribution in [0.25, 0.3) is 0 Å². The highest BCUT2D eigenvalue weighted by molar-refractivity contribution is 5.04. The Bertz CT molecular complexity index is 289. The van der Waals surface area contributed by atoms with Gasteiger partial charge in [-0.3, -0.25) is 0 Å². The molecule has 1 saturated heterocycles. The Hall–Kier alpha value is -0.800. The normalized spacial score (nSPS) is 25.1. The van der Waals surface area contributed by atoms with E-state index in [0.717, 1.165) is 13.1 Å². The minimum atomic E-state index is 0.485. The smallest absolute Gasteiger partial charge is 0.0947 e. The Morgan fingerprint density at radius 2 is 2.50 bits per heavy atom. The first-order chi connectivity index (χ1) is 7.85. The molecule has 1 aliphatic heterocycles. The van der Waals surface area contributed by atoms with E-state index in [1.807, 2.05) is 12.3 Å². The van der Waals surface area contributed by atoms with Crippen molar-refractivity contribution in [1.29, 1.82) is 0 Å². The van der Waals surface area contributed by atoms with Crippen molar-refractivity contribution in [3.63, 3.8) is 0 Å². The lowest BCUT2D eigenvalue weighted by Crippen LogP contribution is -2.35. The third kappa shape index (κ3) is 2.86. The zero-order chi connectivity index (χ0) is 11.3. The van der Waals surface area contributed by atoms with Crippen LogP contribution in [0.5, 0.6) is 0 Å². The minimum absolute atomic E-state index is 0.485. The van der Waals surface area contributed by atoms with Gasteiger partial charge in [-0.15, -0.1) is 0 Å². The average Bonchev–Trinajstić information content (AvgIpc) is 2.90. The summed E-state index contributed by atoms with van der Waals surface area (Å²) < 4.78 is 5.06. The van der Waals surface area contributed by atoms with Gasteiger partial charge in [-0.2, -0.15) is 0 Å². The molecule has 0 spiro atoms. The highest BCUT2D eigenvalue weighted by Gasteiger charge is 2.32. The third-order valence-corrected chi connectivity index (χ3v) is 3.52. The summed E-state index contributed by atoms with van der Waals surface area (Å²) in [6.45, 7) is 6.64. The standard InChI is InChI=1S/C13H22N2O/c1-2-4-13(5-6-14-10-13)11-15-8-12-3-7-16-9-12/h3,7,9,14-15H,2,4-6,8,10-11H2,1H3. The first-order valence-electron chi connectivity index (χ1n) is 6.27. The lowest BCUT2D eigenvalue weighted by Gasteiger charge is -2.28. The van der Waals surface area contributed by atoms with E-state index in [9.17, 15) is 0 Å². The van der Waals surface area contributed by atoms with E-state index in [4.69, 9.17) is 4.42 Å². The average molecular weight is 222 g/mol. The van der Waals surface area contributed by atoms with E-state index in [2.05, 4.69) is 17.6 Å². The molecule has 90 valence electrons. The summed E-state index contributed by atoms with van der Waals surface area (Å²) in [5, 5.41) is 7.04. The fraction of sp³-hybridized carbons (Fsp3) is 0.692. The molecule has 1 aliphatic rings. The van der Waals surface area contributed by atoms with E-state index in [-0.39, 0.29) is 0 Å². The number of hydrogen-bond acceptors (Lipinski definition) is 3. The van der Waals surface area contributed by atoms with Crippen molar-refractivity contribution < 1.29 is 4.42 Å². The Labute approximate surface area is 97.6 Å². The summed E-state index contributed by atoms with van der Waals surface area (Å²) >= 11 is 0. The van der Waals surface area contributed by atoms with Crippen LogP contribution in [0.15, 0.2) is 23.0 Å². The molecule has 16 heavy (non-hydrogen) atoms. The fourth-order valence-corrected chi connectivity index (χ4v) is 2.64. The van der Waals surface area contributed by atoms with Crippen LogP contribution in [0.3, 0.4) is 0 Å². The van der Waals surface area contributed by atoms with E-state index in [1.54, 1.807) is 6.26 Å². The molecule has 1 unspecified atom stereocenters. The summed E-state index contributed by atoms with van der Waals surface area (Å²) in [4.78, 5) is 0. The largest absolute Gasteiger partial charge is 0.472 e. The van der Waals surface area contributed by atoms with Gasteiger partial charge in [0, 0.05) is 25.2 Å². The van der Waals surface area contributed by atoms with Crippen LogP contribution >= 0.6 is 0 Å². The van der Waals surface area contributed by atoms with Crippen molar-refractivity contribution in [2.24, 2.45) is 5.41 Å².